The van der Waals surface area contributed by atoms with Gasteiger partial charge in [-0.15, -0.1) is 0 Å². The molecule has 4 heteroatoms. The zero-order valence-corrected chi connectivity index (χ0v) is 10.8. The Kier molecular flexibility index (Phi) is 3.58. The van der Waals surface area contributed by atoms with Crippen LogP contribution >= 0.6 is 0 Å². The highest BCUT2D eigenvalue weighted by Gasteiger charge is 2.40. The molecule has 1 aromatic carbocycles. The van der Waals surface area contributed by atoms with E-state index in [9.17, 15) is 13.2 Å². The van der Waals surface area contributed by atoms with Gasteiger partial charge in [0, 0.05) is 0 Å². The molecule has 96 valence electrons. The van der Waals surface area contributed by atoms with E-state index >= 15 is 0 Å². The number of alkyl halides is 3. The zero-order valence-electron chi connectivity index (χ0n) is 10.8. The molecule has 0 spiro atoms. The molecular formula is C13H18F3N. The number of halogens is 3. The lowest BCUT2D eigenvalue weighted by molar-refractivity contribution is -0.149. The van der Waals surface area contributed by atoms with E-state index in [-0.39, 0.29) is 5.56 Å². The van der Waals surface area contributed by atoms with Crippen LogP contribution < -0.4 is 5.73 Å². The van der Waals surface area contributed by atoms with Crippen LogP contribution in [0.15, 0.2) is 0 Å². The van der Waals surface area contributed by atoms with Gasteiger partial charge in [-0.05, 0) is 68.0 Å². The SMILES string of the molecule is Cc1c(C)c(C)c([C@H](N)C(F)(F)F)c(C)c1C. The Hall–Kier alpha value is -1.03. The molecule has 0 aromatic heterocycles. The van der Waals surface area contributed by atoms with Crippen molar-refractivity contribution >= 4 is 0 Å². The van der Waals surface area contributed by atoms with Crippen LogP contribution in [0, 0.1) is 34.6 Å². The fraction of sp³-hybridized carbons (Fsp3) is 0.538. The average Bonchev–Trinajstić information content (AvgIpc) is 2.22. The summed E-state index contributed by atoms with van der Waals surface area (Å²) in [4.78, 5) is 0. The third-order valence-electron chi connectivity index (χ3n) is 3.72. The summed E-state index contributed by atoms with van der Waals surface area (Å²) in [5.41, 5.74) is 9.68. The van der Waals surface area contributed by atoms with E-state index in [1.54, 1.807) is 13.8 Å². The Labute approximate surface area is 99.8 Å². The highest BCUT2D eigenvalue weighted by atomic mass is 19.4. The molecule has 1 atom stereocenters. The van der Waals surface area contributed by atoms with Crippen LogP contribution in [0.2, 0.25) is 0 Å². The first-order chi connectivity index (χ1) is 7.59. The first kappa shape index (κ1) is 14.0. The van der Waals surface area contributed by atoms with Crippen molar-refractivity contribution in [3.63, 3.8) is 0 Å². The van der Waals surface area contributed by atoms with Crippen LogP contribution in [0.4, 0.5) is 13.2 Å². The Morgan fingerprint density at radius 1 is 0.765 bits per heavy atom. The van der Waals surface area contributed by atoms with Crippen LogP contribution in [-0.2, 0) is 0 Å². The van der Waals surface area contributed by atoms with Crippen molar-refractivity contribution in [1.29, 1.82) is 0 Å². The summed E-state index contributed by atoms with van der Waals surface area (Å²) in [7, 11) is 0. The maximum absolute atomic E-state index is 12.7. The van der Waals surface area contributed by atoms with Gasteiger partial charge >= 0.3 is 6.18 Å². The van der Waals surface area contributed by atoms with Crippen LogP contribution in [0.3, 0.4) is 0 Å². The summed E-state index contributed by atoms with van der Waals surface area (Å²) in [6.45, 7) is 9.01. The molecule has 0 saturated carbocycles. The van der Waals surface area contributed by atoms with Crippen LogP contribution in [0.25, 0.3) is 0 Å². The van der Waals surface area contributed by atoms with E-state index in [0.29, 0.717) is 11.1 Å². The average molecular weight is 245 g/mol. The van der Waals surface area contributed by atoms with Crippen molar-refractivity contribution in [2.24, 2.45) is 5.73 Å². The van der Waals surface area contributed by atoms with Crippen molar-refractivity contribution in [3.8, 4) is 0 Å². The van der Waals surface area contributed by atoms with Gasteiger partial charge in [0.15, 0.2) is 0 Å². The molecule has 1 nitrogen and oxygen atoms in total. The summed E-state index contributed by atoms with van der Waals surface area (Å²) in [6.07, 6.45) is -4.40. The van der Waals surface area contributed by atoms with E-state index < -0.39 is 12.2 Å². The molecule has 0 radical (unpaired) electrons. The molecule has 0 fully saturated rings. The quantitative estimate of drug-likeness (QED) is 0.800. The summed E-state index contributed by atoms with van der Waals surface area (Å²) in [5, 5.41) is 0. The Morgan fingerprint density at radius 3 is 1.35 bits per heavy atom. The van der Waals surface area contributed by atoms with Gasteiger partial charge in [0.1, 0.15) is 6.04 Å². The number of hydrogen-bond acceptors (Lipinski definition) is 1. The highest BCUT2D eigenvalue weighted by molar-refractivity contribution is 5.50. The normalized spacial score (nSPS) is 13.9. The van der Waals surface area contributed by atoms with Crippen molar-refractivity contribution < 1.29 is 13.2 Å². The van der Waals surface area contributed by atoms with E-state index in [0.717, 1.165) is 16.7 Å². The summed E-state index contributed by atoms with van der Waals surface area (Å²) < 4.78 is 38.2. The lowest BCUT2D eigenvalue weighted by Gasteiger charge is -2.24. The molecule has 0 aliphatic carbocycles. The molecule has 1 rings (SSSR count). The smallest absolute Gasteiger partial charge is 0.316 e. The van der Waals surface area contributed by atoms with Crippen LogP contribution in [0.1, 0.15) is 39.4 Å². The molecule has 0 amide bonds. The third-order valence-corrected chi connectivity index (χ3v) is 3.72. The van der Waals surface area contributed by atoms with Gasteiger partial charge < -0.3 is 5.73 Å². The highest BCUT2D eigenvalue weighted by Crippen LogP contribution is 2.37. The summed E-state index contributed by atoms with van der Waals surface area (Å²) >= 11 is 0. The molecular weight excluding hydrogens is 227 g/mol. The van der Waals surface area contributed by atoms with Crippen molar-refractivity contribution in [3.05, 3.63) is 33.4 Å². The number of benzene rings is 1. The van der Waals surface area contributed by atoms with Gasteiger partial charge in [-0.3, -0.25) is 0 Å². The standard InChI is InChI=1S/C13H18F3N/c1-6-7(2)9(4)11(10(5)8(6)3)12(17)13(14,15)16/h12H,17H2,1-5H3/t12-/m0/s1. The number of nitrogens with two attached hydrogens (primary N) is 1. The van der Waals surface area contributed by atoms with Gasteiger partial charge in [0.25, 0.3) is 0 Å². The van der Waals surface area contributed by atoms with Crippen LogP contribution in [-0.4, -0.2) is 6.18 Å². The Bertz CT molecular complexity index is 418. The van der Waals surface area contributed by atoms with Crippen molar-refractivity contribution in [2.45, 2.75) is 46.8 Å². The largest absolute Gasteiger partial charge is 0.407 e. The molecule has 2 N–H and O–H groups in total. The fourth-order valence-corrected chi connectivity index (χ4v) is 2.16. The van der Waals surface area contributed by atoms with E-state index in [1.807, 2.05) is 20.8 Å². The van der Waals surface area contributed by atoms with Crippen LogP contribution in [0.5, 0.6) is 0 Å². The minimum atomic E-state index is -4.40. The molecule has 0 heterocycles. The molecule has 0 aliphatic heterocycles. The lowest BCUT2D eigenvalue weighted by atomic mass is 9.86. The summed E-state index contributed by atoms with van der Waals surface area (Å²) in [5.74, 6) is 0. The second kappa shape index (κ2) is 4.33. The molecule has 0 aliphatic rings. The minimum Gasteiger partial charge on any atom is -0.316 e. The topological polar surface area (TPSA) is 26.0 Å². The Morgan fingerprint density at radius 2 is 1.06 bits per heavy atom. The minimum absolute atomic E-state index is 0.220. The predicted molar refractivity (Wildman–Crippen MR) is 63.1 cm³/mol. The van der Waals surface area contributed by atoms with E-state index in [4.69, 9.17) is 5.73 Å². The molecule has 0 saturated heterocycles. The molecule has 0 bridgehead atoms. The van der Waals surface area contributed by atoms with Gasteiger partial charge in [0.2, 0.25) is 0 Å². The van der Waals surface area contributed by atoms with Gasteiger partial charge in [-0.1, -0.05) is 0 Å². The third kappa shape index (κ3) is 2.32. The monoisotopic (exact) mass is 245 g/mol. The number of rotatable bonds is 1. The molecule has 1 aromatic rings. The van der Waals surface area contributed by atoms with Crippen molar-refractivity contribution in [2.75, 3.05) is 0 Å². The second-order valence-corrected chi connectivity index (χ2v) is 4.56. The maximum Gasteiger partial charge on any atom is 0.407 e. The zero-order chi connectivity index (χ0) is 13.5. The van der Waals surface area contributed by atoms with Crippen molar-refractivity contribution in [1.82, 2.24) is 0 Å². The van der Waals surface area contributed by atoms with Gasteiger partial charge in [-0.25, -0.2) is 0 Å². The molecule has 17 heavy (non-hydrogen) atoms. The predicted octanol–water partition coefficient (Wildman–Crippen LogP) is 3.79. The maximum atomic E-state index is 12.7. The molecule has 0 unspecified atom stereocenters. The Balaban J connectivity index is 3.55. The fourth-order valence-electron chi connectivity index (χ4n) is 2.16. The van der Waals surface area contributed by atoms with E-state index in [1.165, 1.54) is 0 Å². The second-order valence-electron chi connectivity index (χ2n) is 4.56. The first-order valence-corrected chi connectivity index (χ1v) is 5.48. The van der Waals surface area contributed by atoms with E-state index in [2.05, 4.69) is 0 Å². The summed E-state index contributed by atoms with van der Waals surface area (Å²) in [6, 6.07) is -1.90. The number of hydrogen-bond donors (Lipinski definition) is 1. The lowest BCUT2D eigenvalue weighted by Crippen LogP contribution is -2.30. The van der Waals surface area contributed by atoms with Gasteiger partial charge in [-0.2, -0.15) is 13.2 Å². The first-order valence-electron chi connectivity index (χ1n) is 5.48. The van der Waals surface area contributed by atoms with Gasteiger partial charge in [0.05, 0.1) is 0 Å².